The number of rotatable bonds is 3. The van der Waals surface area contributed by atoms with Gasteiger partial charge in [-0.2, -0.15) is 0 Å². The molecule has 0 spiro atoms. The van der Waals surface area contributed by atoms with Crippen LogP contribution in [0.3, 0.4) is 0 Å². The SMILES string of the molecule is Cc1ccc(NC(=O)Nc2cc(N)ccc2C(=O)O)cc1. The van der Waals surface area contributed by atoms with Gasteiger partial charge in [0.1, 0.15) is 0 Å². The molecule has 108 valence electrons. The number of nitrogen functional groups attached to an aromatic ring is 1. The first-order valence-electron chi connectivity index (χ1n) is 6.23. The van der Waals surface area contributed by atoms with Crippen LogP contribution in [0.5, 0.6) is 0 Å². The molecule has 0 saturated carbocycles. The second-order valence-corrected chi connectivity index (χ2v) is 4.56. The summed E-state index contributed by atoms with van der Waals surface area (Å²) >= 11 is 0. The van der Waals surface area contributed by atoms with Crippen LogP contribution >= 0.6 is 0 Å². The number of aryl methyl sites for hydroxylation is 1. The van der Waals surface area contributed by atoms with Gasteiger partial charge in [-0.3, -0.25) is 0 Å². The average molecular weight is 285 g/mol. The zero-order valence-electron chi connectivity index (χ0n) is 11.4. The van der Waals surface area contributed by atoms with Crippen LogP contribution in [0.25, 0.3) is 0 Å². The Bertz CT molecular complexity index is 681. The minimum Gasteiger partial charge on any atom is -0.478 e. The van der Waals surface area contributed by atoms with Crippen LogP contribution < -0.4 is 16.4 Å². The summed E-state index contributed by atoms with van der Waals surface area (Å²) < 4.78 is 0. The highest BCUT2D eigenvalue weighted by molar-refractivity contribution is 6.05. The Hall–Kier alpha value is -3.02. The lowest BCUT2D eigenvalue weighted by atomic mass is 10.1. The number of carbonyl (C=O) groups excluding carboxylic acids is 1. The Labute approximate surface area is 121 Å². The summed E-state index contributed by atoms with van der Waals surface area (Å²) in [5.41, 5.74) is 7.78. The predicted octanol–water partition coefficient (Wildman–Crippen LogP) is 2.92. The second-order valence-electron chi connectivity index (χ2n) is 4.56. The third kappa shape index (κ3) is 3.73. The van der Waals surface area contributed by atoms with Crippen molar-refractivity contribution in [1.82, 2.24) is 0 Å². The van der Waals surface area contributed by atoms with E-state index in [1.807, 2.05) is 19.1 Å². The molecule has 0 unspecified atom stereocenters. The molecule has 6 nitrogen and oxygen atoms in total. The molecule has 6 heteroatoms. The average Bonchev–Trinajstić information content (AvgIpc) is 2.41. The van der Waals surface area contributed by atoms with Crippen LogP contribution in [0.4, 0.5) is 21.9 Å². The van der Waals surface area contributed by atoms with E-state index in [9.17, 15) is 9.59 Å². The minimum atomic E-state index is -1.14. The number of nitrogens with one attached hydrogen (secondary N) is 2. The van der Waals surface area contributed by atoms with Gasteiger partial charge in [0.2, 0.25) is 0 Å². The van der Waals surface area contributed by atoms with Crippen molar-refractivity contribution in [2.75, 3.05) is 16.4 Å². The number of amides is 2. The molecule has 0 aliphatic rings. The summed E-state index contributed by atoms with van der Waals surface area (Å²) in [5, 5.41) is 14.2. The first-order chi connectivity index (χ1) is 9.95. The van der Waals surface area contributed by atoms with Gasteiger partial charge in [0.05, 0.1) is 11.3 Å². The largest absolute Gasteiger partial charge is 0.478 e. The van der Waals surface area contributed by atoms with Crippen molar-refractivity contribution in [3.63, 3.8) is 0 Å². The summed E-state index contributed by atoms with van der Waals surface area (Å²) in [7, 11) is 0. The summed E-state index contributed by atoms with van der Waals surface area (Å²) in [6, 6.07) is 10.9. The molecule has 0 heterocycles. The Morgan fingerprint density at radius 3 is 2.33 bits per heavy atom. The van der Waals surface area contributed by atoms with E-state index < -0.39 is 12.0 Å². The number of carboxylic acid groups (broad SMARTS) is 1. The van der Waals surface area contributed by atoms with Crippen LogP contribution in [0.2, 0.25) is 0 Å². The predicted molar refractivity (Wildman–Crippen MR) is 81.6 cm³/mol. The maximum Gasteiger partial charge on any atom is 0.337 e. The molecule has 0 atom stereocenters. The third-order valence-electron chi connectivity index (χ3n) is 2.83. The van der Waals surface area contributed by atoms with Crippen molar-refractivity contribution in [3.05, 3.63) is 53.6 Å². The molecule has 0 aliphatic carbocycles. The van der Waals surface area contributed by atoms with Crippen LogP contribution in [0, 0.1) is 6.92 Å². The van der Waals surface area contributed by atoms with Crippen molar-refractivity contribution in [2.24, 2.45) is 0 Å². The maximum absolute atomic E-state index is 11.9. The van der Waals surface area contributed by atoms with Gasteiger partial charge in [-0.25, -0.2) is 9.59 Å². The zero-order valence-corrected chi connectivity index (χ0v) is 11.4. The third-order valence-corrected chi connectivity index (χ3v) is 2.83. The number of benzene rings is 2. The summed E-state index contributed by atoms with van der Waals surface area (Å²) in [6.07, 6.45) is 0. The second kappa shape index (κ2) is 5.96. The van der Waals surface area contributed by atoms with Crippen LogP contribution in [0.15, 0.2) is 42.5 Å². The highest BCUT2D eigenvalue weighted by Crippen LogP contribution is 2.20. The van der Waals surface area contributed by atoms with Crippen molar-refractivity contribution >= 4 is 29.1 Å². The van der Waals surface area contributed by atoms with Gasteiger partial charge in [-0.1, -0.05) is 17.7 Å². The van der Waals surface area contributed by atoms with E-state index in [1.165, 1.54) is 18.2 Å². The Balaban J connectivity index is 2.14. The van der Waals surface area contributed by atoms with E-state index >= 15 is 0 Å². The van der Waals surface area contributed by atoms with Crippen molar-refractivity contribution in [1.29, 1.82) is 0 Å². The van der Waals surface area contributed by atoms with Crippen LogP contribution in [0.1, 0.15) is 15.9 Å². The first-order valence-corrected chi connectivity index (χ1v) is 6.23. The monoisotopic (exact) mass is 285 g/mol. The smallest absolute Gasteiger partial charge is 0.337 e. The van der Waals surface area contributed by atoms with Gasteiger partial charge >= 0.3 is 12.0 Å². The normalized spacial score (nSPS) is 9.95. The molecule has 0 fully saturated rings. The number of carboxylic acids is 1. The number of carbonyl (C=O) groups is 2. The summed E-state index contributed by atoms with van der Waals surface area (Å²) in [4.78, 5) is 23.0. The number of nitrogens with two attached hydrogens (primary N) is 1. The molecule has 2 aromatic carbocycles. The van der Waals surface area contributed by atoms with E-state index in [2.05, 4.69) is 10.6 Å². The topological polar surface area (TPSA) is 104 Å². The number of urea groups is 1. The number of hydrogen-bond donors (Lipinski definition) is 4. The zero-order chi connectivity index (χ0) is 15.4. The molecule has 2 rings (SSSR count). The van der Waals surface area contributed by atoms with Crippen molar-refractivity contribution in [2.45, 2.75) is 6.92 Å². The molecule has 0 aliphatic heterocycles. The van der Waals surface area contributed by atoms with Gasteiger partial charge in [0.25, 0.3) is 0 Å². The molecule has 2 amide bonds. The highest BCUT2D eigenvalue weighted by atomic mass is 16.4. The fourth-order valence-electron chi connectivity index (χ4n) is 1.77. The molecule has 2 aromatic rings. The first kappa shape index (κ1) is 14.4. The fraction of sp³-hybridized carbons (Fsp3) is 0.0667. The number of aromatic carboxylic acids is 1. The van der Waals surface area contributed by atoms with Gasteiger partial charge < -0.3 is 21.5 Å². The maximum atomic E-state index is 11.9. The van der Waals surface area contributed by atoms with Gasteiger partial charge in [-0.05, 0) is 37.3 Å². The number of anilines is 3. The minimum absolute atomic E-state index is 0.0248. The molecule has 0 saturated heterocycles. The molecular weight excluding hydrogens is 270 g/mol. The van der Waals surface area contributed by atoms with Crippen LogP contribution in [-0.4, -0.2) is 17.1 Å². The lowest BCUT2D eigenvalue weighted by molar-refractivity contribution is 0.0698. The molecule has 0 aromatic heterocycles. The highest BCUT2D eigenvalue weighted by Gasteiger charge is 2.12. The Morgan fingerprint density at radius 1 is 1.05 bits per heavy atom. The quantitative estimate of drug-likeness (QED) is 0.651. The van der Waals surface area contributed by atoms with Crippen molar-refractivity contribution < 1.29 is 14.7 Å². The van der Waals surface area contributed by atoms with Crippen molar-refractivity contribution in [3.8, 4) is 0 Å². The van der Waals surface area contributed by atoms with E-state index in [4.69, 9.17) is 10.8 Å². The molecule has 5 N–H and O–H groups in total. The Morgan fingerprint density at radius 2 is 1.71 bits per heavy atom. The van der Waals surface area contributed by atoms with Gasteiger partial charge in [0, 0.05) is 11.4 Å². The lowest BCUT2D eigenvalue weighted by Gasteiger charge is -2.10. The molecule has 0 radical (unpaired) electrons. The Kier molecular flexibility index (Phi) is 4.08. The van der Waals surface area contributed by atoms with E-state index in [0.717, 1.165) is 5.56 Å². The molecular formula is C15H15N3O3. The van der Waals surface area contributed by atoms with E-state index in [1.54, 1.807) is 12.1 Å². The summed E-state index contributed by atoms with van der Waals surface area (Å²) in [5.74, 6) is -1.14. The lowest BCUT2D eigenvalue weighted by Crippen LogP contribution is -2.21. The number of hydrogen-bond acceptors (Lipinski definition) is 3. The summed E-state index contributed by atoms with van der Waals surface area (Å²) in [6.45, 7) is 1.94. The van der Waals surface area contributed by atoms with Crippen LogP contribution in [-0.2, 0) is 0 Å². The van der Waals surface area contributed by atoms with E-state index in [0.29, 0.717) is 11.4 Å². The fourth-order valence-corrected chi connectivity index (χ4v) is 1.77. The van der Waals surface area contributed by atoms with Gasteiger partial charge in [-0.15, -0.1) is 0 Å². The standard InChI is InChI=1S/C15H15N3O3/c1-9-2-5-11(6-3-9)17-15(21)18-13-8-10(16)4-7-12(13)14(19)20/h2-8H,16H2,1H3,(H,19,20)(H2,17,18,21). The molecule has 0 bridgehead atoms. The van der Waals surface area contributed by atoms with Gasteiger partial charge in [0.15, 0.2) is 0 Å². The van der Waals surface area contributed by atoms with E-state index in [-0.39, 0.29) is 11.3 Å². The molecule has 21 heavy (non-hydrogen) atoms.